The minimum atomic E-state index is 0.276. The summed E-state index contributed by atoms with van der Waals surface area (Å²) in [6, 6.07) is 3.94. The molecule has 2 unspecified atom stereocenters. The van der Waals surface area contributed by atoms with Crippen LogP contribution in [-0.2, 0) is 0 Å². The van der Waals surface area contributed by atoms with Crippen molar-refractivity contribution in [3.8, 4) is 6.07 Å². The Bertz CT molecular complexity index is 425. The van der Waals surface area contributed by atoms with E-state index in [2.05, 4.69) is 21.8 Å². The minimum absolute atomic E-state index is 0.276. The second-order valence-electron chi connectivity index (χ2n) is 4.47. The first-order valence-electron chi connectivity index (χ1n) is 5.96. The average Bonchev–Trinajstić information content (AvgIpc) is 2.38. The van der Waals surface area contributed by atoms with Crippen molar-refractivity contribution in [1.29, 1.82) is 5.26 Å². The molecular weight excluding hydrogens is 214 g/mol. The van der Waals surface area contributed by atoms with E-state index < -0.39 is 0 Å². The van der Waals surface area contributed by atoms with Gasteiger partial charge in [-0.2, -0.15) is 5.26 Å². The fourth-order valence-electron chi connectivity index (χ4n) is 2.41. The minimum Gasteiger partial charge on any atom is -0.336 e. The SMILES string of the molecule is CC1CCCN(c2nccc(C#N)n2)C1CN. The predicted molar refractivity (Wildman–Crippen MR) is 65.3 cm³/mol. The number of nitrogens with two attached hydrogens (primary N) is 1. The highest BCUT2D eigenvalue weighted by molar-refractivity contribution is 5.36. The van der Waals surface area contributed by atoms with Gasteiger partial charge in [0.2, 0.25) is 5.95 Å². The number of aromatic nitrogens is 2. The molecule has 0 radical (unpaired) electrons. The Morgan fingerprint density at radius 2 is 2.47 bits per heavy atom. The van der Waals surface area contributed by atoms with E-state index in [1.807, 2.05) is 6.07 Å². The van der Waals surface area contributed by atoms with Crippen LogP contribution in [0, 0.1) is 17.2 Å². The zero-order valence-corrected chi connectivity index (χ0v) is 10.0. The van der Waals surface area contributed by atoms with Gasteiger partial charge in [-0.3, -0.25) is 0 Å². The van der Waals surface area contributed by atoms with E-state index in [0.29, 0.717) is 24.1 Å². The Kier molecular flexibility index (Phi) is 3.55. The zero-order chi connectivity index (χ0) is 12.3. The van der Waals surface area contributed by atoms with Gasteiger partial charge in [-0.1, -0.05) is 6.92 Å². The smallest absolute Gasteiger partial charge is 0.226 e. The molecule has 1 aromatic heterocycles. The molecule has 0 aromatic carbocycles. The van der Waals surface area contributed by atoms with Crippen LogP contribution < -0.4 is 10.6 Å². The molecule has 2 heterocycles. The highest BCUT2D eigenvalue weighted by Crippen LogP contribution is 2.25. The fraction of sp³-hybridized carbons (Fsp3) is 0.583. The normalized spacial score (nSPS) is 24.4. The van der Waals surface area contributed by atoms with Gasteiger partial charge in [0.25, 0.3) is 0 Å². The van der Waals surface area contributed by atoms with Crippen molar-refractivity contribution >= 4 is 5.95 Å². The molecule has 0 bridgehead atoms. The van der Waals surface area contributed by atoms with Crippen molar-refractivity contribution in [2.24, 2.45) is 11.7 Å². The summed E-state index contributed by atoms with van der Waals surface area (Å²) < 4.78 is 0. The molecule has 17 heavy (non-hydrogen) atoms. The number of nitrogens with zero attached hydrogens (tertiary/aromatic N) is 4. The monoisotopic (exact) mass is 231 g/mol. The molecule has 0 aliphatic carbocycles. The summed E-state index contributed by atoms with van der Waals surface area (Å²) in [5, 5.41) is 8.85. The van der Waals surface area contributed by atoms with Crippen molar-refractivity contribution < 1.29 is 0 Å². The first kappa shape index (κ1) is 11.8. The Labute approximate surface area is 101 Å². The lowest BCUT2D eigenvalue weighted by Crippen LogP contribution is -2.49. The van der Waals surface area contributed by atoms with E-state index >= 15 is 0 Å². The molecule has 5 nitrogen and oxygen atoms in total. The van der Waals surface area contributed by atoms with E-state index in [1.165, 1.54) is 6.42 Å². The van der Waals surface area contributed by atoms with Crippen LogP contribution in [0.25, 0.3) is 0 Å². The Hall–Kier alpha value is -1.67. The van der Waals surface area contributed by atoms with Crippen molar-refractivity contribution in [2.45, 2.75) is 25.8 Å². The summed E-state index contributed by atoms with van der Waals surface area (Å²) in [6.07, 6.45) is 3.95. The van der Waals surface area contributed by atoms with Crippen LogP contribution in [-0.4, -0.2) is 29.1 Å². The van der Waals surface area contributed by atoms with Crippen molar-refractivity contribution in [3.63, 3.8) is 0 Å². The van der Waals surface area contributed by atoms with Gasteiger partial charge in [-0.25, -0.2) is 9.97 Å². The number of hydrogen-bond acceptors (Lipinski definition) is 5. The van der Waals surface area contributed by atoms with Crippen molar-refractivity contribution in [2.75, 3.05) is 18.0 Å². The van der Waals surface area contributed by atoms with Crippen LogP contribution in [0.4, 0.5) is 5.95 Å². The third-order valence-corrected chi connectivity index (χ3v) is 3.37. The first-order valence-corrected chi connectivity index (χ1v) is 5.96. The molecule has 1 aliphatic heterocycles. The third kappa shape index (κ3) is 2.37. The molecule has 1 saturated heterocycles. The van der Waals surface area contributed by atoms with Crippen LogP contribution >= 0.6 is 0 Å². The highest BCUT2D eigenvalue weighted by Gasteiger charge is 2.29. The van der Waals surface area contributed by atoms with E-state index in [1.54, 1.807) is 12.3 Å². The quantitative estimate of drug-likeness (QED) is 0.818. The second kappa shape index (κ2) is 5.11. The van der Waals surface area contributed by atoms with Gasteiger partial charge in [0.1, 0.15) is 11.8 Å². The Morgan fingerprint density at radius 1 is 1.65 bits per heavy atom. The second-order valence-corrected chi connectivity index (χ2v) is 4.47. The molecule has 0 saturated carbocycles. The Balaban J connectivity index is 2.27. The molecule has 2 atom stereocenters. The predicted octanol–water partition coefficient (Wildman–Crippen LogP) is 0.912. The number of anilines is 1. The van der Waals surface area contributed by atoms with Crippen LogP contribution in [0.5, 0.6) is 0 Å². The van der Waals surface area contributed by atoms with Gasteiger partial charge in [0.05, 0.1) is 0 Å². The fourth-order valence-corrected chi connectivity index (χ4v) is 2.41. The summed E-state index contributed by atoms with van der Waals surface area (Å²) in [5.41, 5.74) is 6.24. The van der Waals surface area contributed by atoms with Crippen LogP contribution in [0.1, 0.15) is 25.5 Å². The average molecular weight is 231 g/mol. The highest BCUT2D eigenvalue weighted by atomic mass is 15.3. The van der Waals surface area contributed by atoms with Crippen LogP contribution in [0.2, 0.25) is 0 Å². The molecule has 2 N–H and O–H groups in total. The lowest BCUT2D eigenvalue weighted by molar-refractivity contribution is 0.346. The van der Waals surface area contributed by atoms with Crippen LogP contribution in [0.15, 0.2) is 12.3 Å². The van der Waals surface area contributed by atoms with Crippen molar-refractivity contribution in [3.05, 3.63) is 18.0 Å². The largest absolute Gasteiger partial charge is 0.336 e. The summed E-state index contributed by atoms with van der Waals surface area (Å²) in [6.45, 7) is 3.72. The van der Waals surface area contributed by atoms with Gasteiger partial charge in [0, 0.05) is 25.3 Å². The topological polar surface area (TPSA) is 78.8 Å². The molecule has 1 aliphatic rings. The summed E-state index contributed by atoms with van der Waals surface area (Å²) in [4.78, 5) is 10.6. The maximum atomic E-state index is 8.85. The number of rotatable bonds is 2. The Morgan fingerprint density at radius 3 is 3.18 bits per heavy atom. The van der Waals surface area contributed by atoms with Gasteiger partial charge < -0.3 is 10.6 Å². The number of nitriles is 1. The molecule has 0 spiro atoms. The molecule has 5 heteroatoms. The first-order chi connectivity index (χ1) is 8.26. The molecule has 1 aromatic rings. The van der Waals surface area contributed by atoms with Gasteiger partial charge in [-0.05, 0) is 24.8 Å². The van der Waals surface area contributed by atoms with E-state index in [9.17, 15) is 0 Å². The number of piperidine rings is 1. The van der Waals surface area contributed by atoms with Crippen molar-refractivity contribution in [1.82, 2.24) is 9.97 Å². The summed E-state index contributed by atoms with van der Waals surface area (Å²) in [5.74, 6) is 1.18. The maximum Gasteiger partial charge on any atom is 0.226 e. The standard InChI is InChI=1S/C12H17N5/c1-9-3-2-6-17(11(9)8-14)12-15-5-4-10(7-13)16-12/h4-5,9,11H,2-3,6,8,14H2,1H3. The maximum absolute atomic E-state index is 8.85. The third-order valence-electron chi connectivity index (χ3n) is 3.37. The molecule has 0 amide bonds. The van der Waals surface area contributed by atoms with E-state index in [0.717, 1.165) is 13.0 Å². The van der Waals surface area contributed by atoms with E-state index in [4.69, 9.17) is 11.0 Å². The molecule has 1 fully saturated rings. The molecule has 2 rings (SSSR count). The number of hydrogen-bond donors (Lipinski definition) is 1. The lowest BCUT2D eigenvalue weighted by atomic mass is 9.91. The van der Waals surface area contributed by atoms with E-state index in [-0.39, 0.29) is 6.04 Å². The summed E-state index contributed by atoms with van der Waals surface area (Å²) in [7, 11) is 0. The van der Waals surface area contributed by atoms with Gasteiger partial charge in [-0.15, -0.1) is 0 Å². The van der Waals surface area contributed by atoms with Gasteiger partial charge in [0.15, 0.2) is 0 Å². The molecule has 90 valence electrons. The van der Waals surface area contributed by atoms with Gasteiger partial charge >= 0.3 is 0 Å². The summed E-state index contributed by atoms with van der Waals surface area (Å²) >= 11 is 0. The molecular formula is C12H17N5. The lowest BCUT2D eigenvalue weighted by Gasteiger charge is -2.39. The zero-order valence-electron chi connectivity index (χ0n) is 10.0. The van der Waals surface area contributed by atoms with Crippen LogP contribution in [0.3, 0.4) is 0 Å².